The van der Waals surface area contributed by atoms with Gasteiger partial charge >= 0.3 is 11.7 Å². The first kappa shape index (κ1) is 13.1. The Hall–Kier alpha value is -2.38. The van der Waals surface area contributed by atoms with Gasteiger partial charge in [0.25, 0.3) is 11.5 Å². The molecule has 1 aromatic rings. The number of aromatic nitrogens is 2. The fraction of sp³-hybridized carbons (Fsp3) is 0.455. The molecule has 8 nitrogen and oxygen atoms in total. The van der Waals surface area contributed by atoms with Crippen LogP contribution in [0.4, 0.5) is 0 Å². The van der Waals surface area contributed by atoms with Crippen LogP contribution in [0.15, 0.2) is 15.7 Å². The average Bonchev–Trinajstić information content (AvgIpc) is 3.10. The van der Waals surface area contributed by atoms with Gasteiger partial charge in [-0.15, -0.1) is 0 Å². The topological polar surface area (TPSA) is 132 Å². The lowest BCUT2D eigenvalue weighted by molar-refractivity contribution is -0.144. The largest absolute Gasteiger partial charge is 0.480 e. The van der Waals surface area contributed by atoms with Crippen molar-refractivity contribution in [3.63, 3.8) is 0 Å². The molecule has 1 fully saturated rings. The van der Waals surface area contributed by atoms with Gasteiger partial charge in [0, 0.05) is 6.07 Å². The van der Waals surface area contributed by atoms with Crippen LogP contribution in [0.3, 0.4) is 0 Å². The van der Waals surface area contributed by atoms with Crippen molar-refractivity contribution in [3.05, 3.63) is 32.6 Å². The molecule has 1 unspecified atom stereocenters. The maximum Gasteiger partial charge on any atom is 0.329 e. The van der Waals surface area contributed by atoms with Crippen LogP contribution >= 0.6 is 0 Å². The Balaban J connectivity index is 2.27. The standard InChI is InChI=1S/C11H13N3O5/c1-11(9(17)18,5-2-3-5)14-8(16)6-4-7(15)13-10(19)12-6/h4-5H,2-3H2,1H3,(H,14,16)(H,17,18)(H2,12,13,15,19). The number of hydrogen-bond acceptors (Lipinski definition) is 4. The number of carbonyl (C=O) groups excluding carboxylic acids is 1. The van der Waals surface area contributed by atoms with Crippen molar-refractivity contribution >= 4 is 11.9 Å². The monoisotopic (exact) mass is 267 g/mol. The van der Waals surface area contributed by atoms with Gasteiger partial charge in [0.1, 0.15) is 11.2 Å². The molecule has 1 aromatic heterocycles. The lowest BCUT2D eigenvalue weighted by Crippen LogP contribution is -2.54. The number of carboxylic acid groups (broad SMARTS) is 1. The van der Waals surface area contributed by atoms with Crippen molar-refractivity contribution < 1.29 is 14.7 Å². The van der Waals surface area contributed by atoms with Crippen LogP contribution < -0.4 is 16.6 Å². The average molecular weight is 267 g/mol. The highest BCUT2D eigenvalue weighted by Gasteiger charge is 2.48. The second-order valence-corrected chi connectivity index (χ2v) is 4.74. The lowest BCUT2D eigenvalue weighted by Gasteiger charge is -2.25. The van der Waals surface area contributed by atoms with Gasteiger partial charge in [-0.05, 0) is 25.7 Å². The van der Waals surface area contributed by atoms with Gasteiger partial charge in [0.05, 0.1) is 0 Å². The number of carboxylic acids is 1. The highest BCUT2D eigenvalue weighted by molar-refractivity contribution is 5.96. The normalized spacial score (nSPS) is 17.5. The van der Waals surface area contributed by atoms with Gasteiger partial charge in [0.15, 0.2) is 0 Å². The first-order valence-corrected chi connectivity index (χ1v) is 5.72. The number of H-pyrrole nitrogens is 2. The van der Waals surface area contributed by atoms with E-state index in [2.05, 4.69) is 10.3 Å². The van der Waals surface area contributed by atoms with E-state index in [1.807, 2.05) is 4.98 Å². The van der Waals surface area contributed by atoms with E-state index in [0.29, 0.717) is 0 Å². The summed E-state index contributed by atoms with van der Waals surface area (Å²) in [5.41, 5.74) is -3.20. The Labute approximate surface area is 106 Å². The molecule has 8 heteroatoms. The van der Waals surface area contributed by atoms with Gasteiger partial charge in [-0.25, -0.2) is 9.59 Å². The minimum atomic E-state index is -1.39. The smallest absolute Gasteiger partial charge is 0.329 e. The molecule has 1 aliphatic carbocycles. The number of nitrogens with one attached hydrogen (secondary N) is 3. The molecule has 2 rings (SSSR count). The number of hydrogen-bond donors (Lipinski definition) is 4. The summed E-state index contributed by atoms with van der Waals surface area (Å²) >= 11 is 0. The van der Waals surface area contributed by atoms with E-state index in [-0.39, 0.29) is 11.6 Å². The van der Waals surface area contributed by atoms with Crippen molar-refractivity contribution in [1.82, 2.24) is 15.3 Å². The van der Waals surface area contributed by atoms with E-state index in [9.17, 15) is 24.3 Å². The Morgan fingerprint density at radius 2 is 2.00 bits per heavy atom. The van der Waals surface area contributed by atoms with Gasteiger partial charge in [-0.3, -0.25) is 14.6 Å². The zero-order valence-corrected chi connectivity index (χ0v) is 10.1. The molecule has 1 aliphatic rings. The number of amides is 1. The van der Waals surface area contributed by atoms with Crippen LogP contribution in [0.5, 0.6) is 0 Å². The van der Waals surface area contributed by atoms with Gasteiger partial charge < -0.3 is 15.4 Å². The van der Waals surface area contributed by atoms with Crippen molar-refractivity contribution in [2.45, 2.75) is 25.3 Å². The molecule has 0 spiro atoms. The third-order valence-electron chi connectivity index (χ3n) is 3.22. The van der Waals surface area contributed by atoms with E-state index >= 15 is 0 Å². The molecule has 0 radical (unpaired) electrons. The predicted molar refractivity (Wildman–Crippen MR) is 63.9 cm³/mol. The molecule has 1 heterocycles. The summed E-state index contributed by atoms with van der Waals surface area (Å²) in [5, 5.41) is 11.6. The van der Waals surface area contributed by atoms with Crippen LogP contribution in [-0.4, -0.2) is 32.5 Å². The van der Waals surface area contributed by atoms with E-state index in [1.165, 1.54) is 6.92 Å². The highest BCUT2D eigenvalue weighted by Crippen LogP contribution is 2.39. The zero-order chi connectivity index (χ0) is 14.2. The third-order valence-corrected chi connectivity index (χ3v) is 3.22. The summed E-state index contributed by atoms with van der Waals surface area (Å²) < 4.78 is 0. The molecule has 19 heavy (non-hydrogen) atoms. The van der Waals surface area contributed by atoms with Crippen molar-refractivity contribution in [1.29, 1.82) is 0 Å². The maximum atomic E-state index is 11.9. The van der Waals surface area contributed by atoms with E-state index < -0.39 is 28.7 Å². The molecule has 0 aliphatic heterocycles. The second-order valence-electron chi connectivity index (χ2n) is 4.74. The molecular formula is C11H13N3O5. The summed E-state index contributed by atoms with van der Waals surface area (Å²) in [6.07, 6.45) is 1.43. The Morgan fingerprint density at radius 1 is 1.37 bits per heavy atom. The molecule has 0 bridgehead atoms. The number of aromatic amines is 2. The van der Waals surface area contributed by atoms with Gasteiger partial charge in [-0.1, -0.05) is 0 Å². The molecule has 0 aromatic carbocycles. The Morgan fingerprint density at radius 3 is 2.47 bits per heavy atom. The van der Waals surface area contributed by atoms with Gasteiger partial charge in [-0.2, -0.15) is 0 Å². The zero-order valence-electron chi connectivity index (χ0n) is 10.1. The first-order chi connectivity index (χ1) is 8.83. The molecule has 4 N–H and O–H groups in total. The van der Waals surface area contributed by atoms with Crippen molar-refractivity contribution in [2.24, 2.45) is 5.92 Å². The lowest BCUT2D eigenvalue weighted by atomic mass is 9.96. The summed E-state index contributed by atoms with van der Waals surface area (Å²) in [5.74, 6) is -2.07. The summed E-state index contributed by atoms with van der Waals surface area (Å²) in [4.78, 5) is 49.4. The quantitative estimate of drug-likeness (QED) is 0.558. The third kappa shape index (κ3) is 2.56. The van der Waals surface area contributed by atoms with Crippen LogP contribution in [-0.2, 0) is 4.79 Å². The summed E-state index contributed by atoms with van der Waals surface area (Å²) in [6, 6.07) is 0.909. The Bertz CT molecular complexity index is 614. The fourth-order valence-corrected chi connectivity index (χ4v) is 1.89. The molecular weight excluding hydrogens is 254 g/mol. The molecule has 1 amide bonds. The van der Waals surface area contributed by atoms with E-state index in [0.717, 1.165) is 18.9 Å². The minimum Gasteiger partial charge on any atom is -0.480 e. The first-order valence-electron chi connectivity index (χ1n) is 5.72. The fourth-order valence-electron chi connectivity index (χ4n) is 1.89. The van der Waals surface area contributed by atoms with Crippen LogP contribution in [0.1, 0.15) is 30.3 Å². The van der Waals surface area contributed by atoms with Crippen molar-refractivity contribution in [3.8, 4) is 0 Å². The van der Waals surface area contributed by atoms with Gasteiger partial charge in [0.2, 0.25) is 0 Å². The summed E-state index contributed by atoms with van der Waals surface area (Å²) in [7, 11) is 0. The van der Waals surface area contributed by atoms with E-state index in [1.54, 1.807) is 0 Å². The summed E-state index contributed by atoms with van der Waals surface area (Å²) in [6.45, 7) is 1.41. The second kappa shape index (κ2) is 4.38. The molecule has 102 valence electrons. The van der Waals surface area contributed by atoms with Crippen LogP contribution in [0.2, 0.25) is 0 Å². The highest BCUT2D eigenvalue weighted by atomic mass is 16.4. The van der Waals surface area contributed by atoms with Crippen molar-refractivity contribution in [2.75, 3.05) is 0 Å². The van der Waals surface area contributed by atoms with E-state index in [4.69, 9.17) is 0 Å². The number of carbonyl (C=O) groups is 2. The van der Waals surface area contributed by atoms with Crippen LogP contribution in [0.25, 0.3) is 0 Å². The number of rotatable bonds is 4. The number of aliphatic carboxylic acids is 1. The molecule has 1 saturated carbocycles. The Kier molecular flexibility index (Phi) is 3.01. The molecule has 1 atom stereocenters. The molecule has 0 saturated heterocycles. The van der Waals surface area contributed by atoms with Crippen LogP contribution in [0, 0.1) is 5.92 Å². The predicted octanol–water partition coefficient (Wildman–Crippen LogP) is -0.954. The SMILES string of the molecule is CC(NC(=O)c1cc(=O)[nH]c(=O)[nH]1)(C(=O)O)C1CC1. The maximum absolute atomic E-state index is 11.9. The minimum absolute atomic E-state index is 0.136.